The maximum absolute atomic E-state index is 12.4. The third-order valence-electron chi connectivity index (χ3n) is 3.63. The van der Waals surface area contributed by atoms with Crippen LogP contribution in [0.25, 0.3) is 0 Å². The second-order valence-corrected chi connectivity index (χ2v) is 5.37. The molecule has 1 fully saturated rings. The van der Waals surface area contributed by atoms with Crippen molar-refractivity contribution in [3.63, 3.8) is 0 Å². The standard InChI is InChI=1S/C14H20FNO2.C2H6/c1-14(18)4-6-16(7-5-14)10-12-3-2-11(9-15)8-13(12)17;1-2/h2-3,8,17-18H,4-7,9-10H2,1H3;1-2H3. The fraction of sp³-hybridized carbons (Fsp3) is 0.625. The Hall–Kier alpha value is -1.13. The largest absolute Gasteiger partial charge is 0.508 e. The molecule has 1 aromatic rings. The number of benzene rings is 1. The van der Waals surface area contributed by atoms with E-state index in [1.54, 1.807) is 12.1 Å². The molecule has 114 valence electrons. The number of rotatable bonds is 3. The maximum atomic E-state index is 12.4. The number of likely N-dealkylation sites (tertiary alicyclic amines) is 1. The molecule has 0 aliphatic carbocycles. The van der Waals surface area contributed by atoms with Crippen molar-refractivity contribution >= 4 is 0 Å². The van der Waals surface area contributed by atoms with E-state index < -0.39 is 12.3 Å². The monoisotopic (exact) mass is 283 g/mol. The fourth-order valence-corrected chi connectivity index (χ4v) is 2.26. The van der Waals surface area contributed by atoms with Gasteiger partial charge in [-0.1, -0.05) is 26.0 Å². The highest BCUT2D eigenvalue weighted by Gasteiger charge is 2.27. The molecule has 0 bridgehead atoms. The van der Waals surface area contributed by atoms with Gasteiger partial charge < -0.3 is 10.2 Å². The van der Waals surface area contributed by atoms with Crippen LogP contribution in [0.5, 0.6) is 5.75 Å². The summed E-state index contributed by atoms with van der Waals surface area (Å²) in [5, 5.41) is 19.7. The van der Waals surface area contributed by atoms with Crippen LogP contribution >= 0.6 is 0 Å². The van der Waals surface area contributed by atoms with Crippen molar-refractivity contribution in [1.82, 2.24) is 4.90 Å². The first-order valence-corrected chi connectivity index (χ1v) is 7.32. The number of aromatic hydroxyl groups is 1. The van der Waals surface area contributed by atoms with Crippen molar-refractivity contribution in [1.29, 1.82) is 0 Å². The zero-order valence-electron chi connectivity index (χ0n) is 12.7. The number of piperidine rings is 1. The summed E-state index contributed by atoms with van der Waals surface area (Å²) in [6, 6.07) is 4.96. The van der Waals surface area contributed by atoms with Gasteiger partial charge in [0.05, 0.1) is 5.60 Å². The summed E-state index contributed by atoms with van der Waals surface area (Å²) in [6.45, 7) is 7.58. The van der Waals surface area contributed by atoms with Crippen molar-refractivity contribution in [2.75, 3.05) is 13.1 Å². The molecule has 0 spiro atoms. The summed E-state index contributed by atoms with van der Waals surface area (Å²) < 4.78 is 12.4. The number of phenolic OH excluding ortho intramolecular Hbond substituents is 1. The SMILES string of the molecule is CC.CC1(O)CCN(Cc2ccc(CF)cc2O)CC1. The zero-order chi connectivity index (χ0) is 15.2. The Morgan fingerprint density at radius 2 is 1.85 bits per heavy atom. The van der Waals surface area contributed by atoms with Crippen LogP contribution in [-0.4, -0.2) is 33.8 Å². The highest BCUT2D eigenvalue weighted by molar-refractivity contribution is 5.36. The molecule has 3 nitrogen and oxygen atoms in total. The van der Waals surface area contributed by atoms with E-state index >= 15 is 0 Å². The Morgan fingerprint density at radius 3 is 2.35 bits per heavy atom. The minimum absolute atomic E-state index is 0.155. The molecular formula is C16H26FNO2. The number of nitrogens with zero attached hydrogens (tertiary/aromatic N) is 1. The first kappa shape index (κ1) is 16.9. The lowest BCUT2D eigenvalue weighted by molar-refractivity contribution is -0.00741. The topological polar surface area (TPSA) is 43.7 Å². The Bertz CT molecular complexity index is 411. The molecule has 1 aliphatic heterocycles. The Morgan fingerprint density at radius 1 is 1.25 bits per heavy atom. The van der Waals surface area contributed by atoms with Gasteiger partial charge in [0.15, 0.2) is 0 Å². The number of halogens is 1. The van der Waals surface area contributed by atoms with Gasteiger partial charge in [0, 0.05) is 25.2 Å². The molecule has 1 saturated heterocycles. The molecule has 20 heavy (non-hydrogen) atoms. The number of phenols is 1. The number of hydrogen-bond donors (Lipinski definition) is 2. The molecule has 4 heteroatoms. The van der Waals surface area contributed by atoms with Crippen LogP contribution in [0.1, 0.15) is 44.7 Å². The molecule has 2 N–H and O–H groups in total. The van der Waals surface area contributed by atoms with E-state index in [0.717, 1.165) is 31.5 Å². The quantitative estimate of drug-likeness (QED) is 0.895. The molecule has 0 radical (unpaired) electrons. The average Bonchev–Trinajstić information content (AvgIpc) is 2.45. The molecule has 0 amide bonds. The summed E-state index contributed by atoms with van der Waals surface area (Å²) in [6.07, 6.45) is 1.49. The van der Waals surface area contributed by atoms with Crippen molar-refractivity contribution in [3.8, 4) is 5.75 Å². The predicted molar refractivity (Wildman–Crippen MR) is 79.4 cm³/mol. The van der Waals surface area contributed by atoms with Crippen LogP contribution < -0.4 is 0 Å². The molecule has 1 aromatic carbocycles. The van der Waals surface area contributed by atoms with Gasteiger partial charge in [-0.3, -0.25) is 4.90 Å². The van der Waals surface area contributed by atoms with E-state index in [2.05, 4.69) is 4.90 Å². The lowest BCUT2D eigenvalue weighted by Crippen LogP contribution is -2.41. The van der Waals surface area contributed by atoms with E-state index in [1.165, 1.54) is 6.07 Å². The highest BCUT2D eigenvalue weighted by Crippen LogP contribution is 2.25. The second-order valence-electron chi connectivity index (χ2n) is 5.37. The Balaban J connectivity index is 0.000000956. The Kier molecular flexibility index (Phi) is 6.43. The molecule has 1 aliphatic rings. The lowest BCUT2D eigenvalue weighted by Gasteiger charge is -2.35. The third kappa shape index (κ3) is 4.76. The lowest BCUT2D eigenvalue weighted by atomic mass is 9.93. The van der Waals surface area contributed by atoms with Gasteiger partial charge in [0.1, 0.15) is 12.4 Å². The molecule has 0 unspecified atom stereocenters. The summed E-state index contributed by atoms with van der Waals surface area (Å²) in [5.41, 5.74) is 0.753. The molecule has 0 atom stereocenters. The minimum Gasteiger partial charge on any atom is -0.508 e. The second kappa shape index (κ2) is 7.60. The van der Waals surface area contributed by atoms with Gasteiger partial charge in [0.2, 0.25) is 0 Å². The van der Waals surface area contributed by atoms with E-state index in [-0.39, 0.29) is 5.75 Å². The molecule has 0 aromatic heterocycles. The van der Waals surface area contributed by atoms with Crippen LogP contribution in [0.4, 0.5) is 4.39 Å². The van der Waals surface area contributed by atoms with Gasteiger partial charge in [0.25, 0.3) is 0 Å². The summed E-state index contributed by atoms with van der Waals surface area (Å²) in [5.74, 6) is 0.155. The van der Waals surface area contributed by atoms with Gasteiger partial charge >= 0.3 is 0 Å². The smallest absolute Gasteiger partial charge is 0.120 e. The Labute approximate surface area is 121 Å². The zero-order valence-corrected chi connectivity index (χ0v) is 12.7. The maximum Gasteiger partial charge on any atom is 0.120 e. The van der Waals surface area contributed by atoms with E-state index in [0.29, 0.717) is 12.1 Å². The van der Waals surface area contributed by atoms with E-state index in [9.17, 15) is 14.6 Å². The minimum atomic E-state index is -0.559. The van der Waals surface area contributed by atoms with Crippen molar-refractivity contribution in [2.45, 2.75) is 52.4 Å². The van der Waals surface area contributed by atoms with Crippen LogP contribution in [-0.2, 0) is 13.2 Å². The molecule has 1 heterocycles. The summed E-state index contributed by atoms with van der Waals surface area (Å²) in [7, 11) is 0. The van der Waals surface area contributed by atoms with Gasteiger partial charge in [-0.2, -0.15) is 0 Å². The van der Waals surface area contributed by atoms with E-state index in [4.69, 9.17) is 0 Å². The van der Waals surface area contributed by atoms with Crippen LogP contribution in [0.2, 0.25) is 0 Å². The van der Waals surface area contributed by atoms with Gasteiger partial charge in [-0.05, 0) is 31.4 Å². The molecular weight excluding hydrogens is 257 g/mol. The van der Waals surface area contributed by atoms with E-state index in [1.807, 2.05) is 20.8 Å². The number of hydrogen-bond acceptors (Lipinski definition) is 3. The molecule has 0 saturated carbocycles. The highest BCUT2D eigenvalue weighted by atomic mass is 19.1. The molecule has 2 rings (SSSR count). The normalized spacial score (nSPS) is 18.2. The predicted octanol–water partition coefficient (Wildman–Crippen LogP) is 3.23. The van der Waals surface area contributed by atoms with Crippen LogP contribution in [0, 0.1) is 0 Å². The van der Waals surface area contributed by atoms with Crippen molar-refractivity contribution < 1.29 is 14.6 Å². The first-order valence-electron chi connectivity index (χ1n) is 7.32. The van der Waals surface area contributed by atoms with Crippen LogP contribution in [0.3, 0.4) is 0 Å². The van der Waals surface area contributed by atoms with Gasteiger partial charge in [-0.25, -0.2) is 4.39 Å². The number of aliphatic hydroxyl groups is 1. The van der Waals surface area contributed by atoms with Crippen molar-refractivity contribution in [3.05, 3.63) is 29.3 Å². The third-order valence-corrected chi connectivity index (χ3v) is 3.63. The fourth-order valence-electron chi connectivity index (χ4n) is 2.26. The van der Waals surface area contributed by atoms with Crippen LogP contribution in [0.15, 0.2) is 18.2 Å². The first-order chi connectivity index (χ1) is 9.50. The average molecular weight is 283 g/mol. The van der Waals surface area contributed by atoms with Crippen molar-refractivity contribution in [2.24, 2.45) is 0 Å². The van der Waals surface area contributed by atoms with Gasteiger partial charge in [-0.15, -0.1) is 0 Å². The summed E-state index contributed by atoms with van der Waals surface area (Å²) >= 11 is 0. The number of alkyl halides is 1. The summed E-state index contributed by atoms with van der Waals surface area (Å²) in [4.78, 5) is 2.20.